The number of benzene rings is 1. The molecule has 1 unspecified atom stereocenters. The van der Waals surface area contributed by atoms with Gasteiger partial charge in [-0.2, -0.15) is 0 Å². The van der Waals surface area contributed by atoms with Crippen LogP contribution < -0.4 is 5.32 Å². The lowest BCUT2D eigenvalue weighted by atomic mass is 10.1. The Balaban J connectivity index is 1.91. The number of amides is 1. The van der Waals surface area contributed by atoms with Crippen LogP contribution in [0.5, 0.6) is 0 Å². The van der Waals surface area contributed by atoms with Crippen LogP contribution in [0.1, 0.15) is 34.1 Å². The standard InChI is InChI=1S/C16H19N3O4/c1-11-10-12(5-6-13(11)19(22)23)16(21)17-8-7-15(20)14-4-3-9-18(14)2/h3-6,9-10,15,20H,7-8H2,1-2H3,(H,17,21). The number of nitrogens with zero attached hydrogens (tertiary/aromatic N) is 2. The van der Waals surface area contributed by atoms with E-state index in [1.807, 2.05) is 29.9 Å². The first kappa shape index (κ1) is 16.7. The van der Waals surface area contributed by atoms with Crippen LogP contribution in [0.25, 0.3) is 0 Å². The van der Waals surface area contributed by atoms with Gasteiger partial charge in [-0.05, 0) is 37.6 Å². The molecule has 1 amide bonds. The van der Waals surface area contributed by atoms with Crippen molar-refractivity contribution in [2.75, 3.05) is 6.54 Å². The second-order valence-electron chi connectivity index (χ2n) is 5.36. The first-order chi connectivity index (χ1) is 10.9. The third-order valence-electron chi connectivity index (χ3n) is 3.68. The fourth-order valence-corrected chi connectivity index (χ4v) is 2.39. The molecule has 0 bridgehead atoms. The van der Waals surface area contributed by atoms with Gasteiger partial charge in [-0.15, -0.1) is 0 Å². The molecule has 122 valence electrons. The summed E-state index contributed by atoms with van der Waals surface area (Å²) in [6, 6.07) is 7.90. The highest BCUT2D eigenvalue weighted by Gasteiger charge is 2.15. The zero-order valence-corrected chi connectivity index (χ0v) is 13.0. The summed E-state index contributed by atoms with van der Waals surface area (Å²) in [6.45, 7) is 1.90. The van der Waals surface area contributed by atoms with Gasteiger partial charge >= 0.3 is 0 Å². The fraction of sp³-hybridized carbons (Fsp3) is 0.312. The molecule has 2 N–H and O–H groups in total. The molecular formula is C16H19N3O4. The highest BCUT2D eigenvalue weighted by atomic mass is 16.6. The van der Waals surface area contributed by atoms with Gasteiger partial charge < -0.3 is 15.0 Å². The SMILES string of the molecule is Cc1cc(C(=O)NCCC(O)c2cccn2C)ccc1[N+](=O)[O-]. The van der Waals surface area contributed by atoms with Gasteiger partial charge in [0.15, 0.2) is 0 Å². The molecule has 0 spiro atoms. The van der Waals surface area contributed by atoms with Crippen LogP contribution in [0.2, 0.25) is 0 Å². The normalized spacial score (nSPS) is 12.0. The van der Waals surface area contributed by atoms with Crippen molar-refractivity contribution < 1.29 is 14.8 Å². The number of aromatic nitrogens is 1. The minimum atomic E-state index is -0.658. The molecule has 7 heteroatoms. The molecule has 0 radical (unpaired) electrons. The first-order valence-electron chi connectivity index (χ1n) is 7.22. The molecule has 23 heavy (non-hydrogen) atoms. The number of aliphatic hydroxyl groups excluding tert-OH is 1. The number of hydrogen-bond donors (Lipinski definition) is 2. The van der Waals surface area contributed by atoms with Crippen LogP contribution in [0.3, 0.4) is 0 Å². The maximum absolute atomic E-state index is 12.0. The Morgan fingerprint density at radius 3 is 2.74 bits per heavy atom. The molecule has 1 aromatic carbocycles. The summed E-state index contributed by atoms with van der Waals surface area (Å²) in [5.74, 6) is -0.318. The highest BCUT2D eigenvalue weighted by Crippen LogP contribution is 2.19. The molecule has 1 atom stereocenters. The maximum Gasteiger partial charge on any atom is 0.272 e. The van der Waals surface area contributed by atoms with Crippen molar-refractivity contribution in [2.45, 2.75) is 19.4 Å². The minimum absolute atomic E-state index is 0.0133. The Morgan fingerprint density at radius 2 is 2.17 bits per heavy atom. The Labute approximate surface area is 133 Å². The van der Waals surface area contributed by atoms with Crippen molar-refractivity contribution in [1.29, 1.82) is 0 Å². The second kappa shape index (κ2) is 7.06. The second-order valence-corrected chi connectivity index (χ2v) is 5.36. The van der Waals surface area contributed by atoms with Crippen LogP contribution >= 0.6 is 0 Å². The van der Waals surface area contributed by atoms with E-state index >= 15 is 0 Å². The number of aliphatic hydroxyl groups is 1. The van der Waals surface area contributed by atoms with Gasteiger partial charge in [0, 0.05) is 42.7 Å². The Kier molecular flexibility index (Phi) is 5.13. The van der Waals surface area contributed by atoms with E-state index in [2.05, 4.69) is 5.32 Å². The number of aryl methyl sites for hydroxylation is 2. The molecule has 0 saturated carbocycles. The van der Waals surface area contributed by atoms with E-state index in [1.165, 1.54) is 18.2 Å². The number of carbonyl (C=O) groups is 1. The largest absolute Gasteiger partial charge is 0.387 e. The van der Waals surface area contributed by atoms with E-state index in [0.29, 0.717) is 24.1 Å². The Hall–Kier alpha value is -2.67. The number of hydrogen-bond acceptors (Lipinski definition) is 4. The summed E-state index contributed by atoms with van der Waals surface area (Å²) < 4.78 is 1.83. The van der Waals surface area contributed by atoms with Gasteiger partial charge in [0.1, 0.15) is 0 Å². The summed E-state index contributed by atoms with van der Waals surface area (Å²) in [4.78, 5) is 22.3. The first-order valence-corrected chi connectivity index (χ1v) is 7.22. The highest BCUT2D eigenvalue weighted by molar-refractivity contribution is 5.94. The van der Waals surface area contributed by atoms with E-state index in [-0.39, 0.29) is 11.6 Å². The molecule has 2 rings (SSSR count). The van der Waals surface area contributed by atoms with Crippen molar-refractivity contribution in [1.82, 2.24) is 9.88 Å². The van der Waals surface area contributed by atoms with Crippen LogP contribution in [0.15, 0.2) is 36.5 Å². The number of nitrogens with one attached hydrogen (secondary N) is 1. The summed E-state index contributed by atoms with van der Waals surface area (Å²) in [7, 11) is 1.84. The quantitative estimate of drug-likeness (QED) is 0.629. The average Bonchev–Trinajstić information content (AvgIpc) is 2.92. The summed E-state index contributed by atoms with van der Waals surface area (Å²) in [5, 5.41) is 23.5. The van der Waals surface area contributed by atoms with E-state index in [0.717, 1.165) is 5.69 Å². The van der Waals surface area contributed by atoms with Crippen molar-refractivity contribution in [3.05, 3.63) is 63.5 Å². The summed E-state index contributed by atoms with van der Waals surface area (Å²) >= 11 is 0. The summed E-state index contributed by atoms with van der Waals surface area (Å²) in [5.41, 5.74) is 1.57. The van der Waals surface area contributed by atoms with Gasteiger partial charge in [-0.25, -0.2) is 0 Å². The number of nitro groups is 1. The molecule has 0 fully saturated rings. The van der Waals surface area contributed by atoms with Gasteiger partial charge in [-0.3, -0.25) is 14.9 Å². The van der Waals surface area contributed by atoms with Crippen LogP contribution in [0, 0.1) is 17.0 Å². The van der Waals surface area contributed by atoms with Gasteiger partial charge in [-0.1, -0.05) is 0 Å². The summed E-state index contributed by atoms with van der Waals surface area (Å²) in [6.07, 6.45) is 1.57. The molecule has 1 aromatic heterocycles. The molecule has 0 aliphatic rings. The van der Waals surface area contributed by atoms with Gasteiger partial charge in [0.05, 0.1) is 11.0 Å². The molecule has 0 saturated heterocycles. The third-order valence-corrected chi connectivity index (χ3v) is 3.68. The van der Waals surface area contributed by atoms with E-state index in [1.54, 1.807) is 6.92 Å². The molecule has 1 heterocycles. The lowest BCUT2D eigenvalue weighted by Crippen LogP contribution is -2.26. The fourth-order valence-electron chi connectivity index (χ4n) is 2.39. The molecule has 2 aromatic rings. The monoisotopic (exact) mass is 317 g/mol. The maximum atomic E-state index is 12.0. The lowest BCUT2D eigenvalue weighted by Gasteiger charge is -2.12. The van der Waals surface area contributed by atoms with Crippen LogP contribution in [-0.4, -0.2) is 27.0 Å². The van der Waals surface area contributed by atoms with Crippen molar-refractivity contribution in [3.8, 4) is 0 Å². The van der Waals surface area contributed by atoms with Gasteiger partial charge in [0.25, 0.3) is 11.6 Å². The topological polar surface area (TPSA) is 97.4 Å². The Morgan fingerprint density at radius 1 is 1.43 bits per heavy atom. The Bertz CT molecular complexity index is 724. The average molecular weight is 317 g/mol. The molecule has 0 aliphatic heterocycles. The smallest absolute Gasteiger partial charge is 0.272 e. The number of rotatable bonds is 6. The number of carbonyl (C=O) groups excluding carboxylic acids is 1. The van der Waals surface area contributed by atoms with Crippen LogP contribution in [0.4, 0.5) is 5.69 Å². The third kappa shape index (κ3) is 3.95. The zero-order chi connectivity index (χ0) is 17.0. The zero-order valence-electron chi connectivity index (χ0n) is 13.0. The number of nitro benzene ring substituents is 1. The molecule has 0 aliphatic carbocycles. The van der Waals surface area contributed by atoms with Gasteiger partial charge in [0.2, 0.25) is 0 Å². The van der Waals surface area contributed by atoms with Crippen molar-refractivity contribution >= 4 is 11.6 Å². The lowest BCUT2D eigenvalue weighted by molar-refractivity contribution is -0.385. The van der Waals surface area contributed by atoms with E-state index < -0.39 is 11.0 Å². The van der Waals surface area contributed by atoms with Crippen molar-refractivity contribution in [3.63, 3.8) is 0 Å². The predicted octanol–water partition coefficient (Wildman–Crippen LogP) is 2.10. The van der Waals surface area contributed by atoms with E-state index in [4.69, 9.17) is 0 Å². The van der Waals surface area contributed by atoms with Crippen molar-refractivity contribution in [2.24, 2.45) is 7.05 Å². The predicted molar refractivity (Wildman–Crippen MR) is 85.2 cm³/mol. The molecule has 7 nitrogen and oxygen atoms in total. The van der Waals surface area contributed by atoms with E-state index in [9.17, 15) is 20.0 Å². The molecular weight excluding hydrogens is 298 g/mol. The minimum Gasteiger partial charge on any atom is -0.387 e. The van der Waals surface area contributed by atoms with Crippen LogP contribution in [-0.2, 0) is 7.05 Å².